The van der Waals surface area contributed by atoms with E-state index in [1.807, 2.05) is 18.2 Å². The van der Waals surface area contributed by atoms with Gasteiger partial charge in [-0.25, -0.2) is 4.79 Å². The molecule has 0 radical (unpaired) electrons. The van der Waals surface area contributed by atoms with Crippen molar-refractivity contribution in [2.24, 2.45) is 0 Å². The van der Waals surface area contributed by atoms with Crippen LogP contribution in [0, 0.1) is 37.5 Å². The molecule has 1 spiro atoms. The molecule has 4 N–H and O–H groups in total. The zero-order valence-corrected chi connectivity index (χ0v) is 19.6. The Kier molecular flexibility index (Phi) is 6.86. The summed E-state index contributed by atoms with van der Waals surface area (Å²) in [6.45, 7) is -0.106. The first-order valence-corrected chi connectivity index (χ1v) is 9.01. The largest absolute Gasteiger partial charge is 0.478 e. The molecule has 0 unspecified atom stereocenters. The van der Waals surface area contributed by atoms with Crippen molar-refractivity contribution in [2.45, 2.75) is 37.1 Å². The Bertz CT molecular complexity index is 885. The van der Waals surface area contributed by atoms with Gasteiger partial charge in [0.25, 0.3) is 0 Å². The molecule has 4 atom stereocenters. The predicted octanol–water partition coefficient (Wildman–Crippen LogP) is 0.976. The van der Waals surface area contributed by atoms with E-state index in [9.17, 15) is 20.1 Å². The minimum Gasteiger partial charge on any atom is -0.478 e. The number of hydrogen-bond acceptors (Lipinski definition) is 6. The van der Waals surface area contributed by atoms with Crippen LogP contribution in [0.3, 0.4) is 0 Å². The number of carboxylic acid groups (broad SMARTS) is 1. The summed E-state index contributed by atoms with van der Waals surface area (Å²) in [7, 11) is 0. The average molecular weight is 623 g/mol. The fourth-order valence-electron chi connectivity index (χ4n) is 3.77. The Hall–Kier alpha value is -1.24. The van der Waals surface area contributed by atoms with Crippen molar-refractivity contribution in [1.82, 2.24) is 0 Å². The van der Waals surface area contributed by atoms with Gasteiger partial charge in [-0.3, -0.25) is 6.42 Å². The zero-order valence-electron chi connectivity index (χ0n) is 15.5. The molecule has 152 valence electrons. The number of ether oxygens (including phenoxy) is 2. The minimum atomic E-state index is -1.53. The van der Waals surface area contributed by atoms with Gasteiger partial charge >= 0.3 is 5.97 Å². The Morgan fingerprint density at radius 2 is 1.83 bits per heavy atom. The Morgan fingerprint density at radius 3 is 2.48 bits per heavy atom. The van der Waals surface area contributed by atoms with Gasteiger partial charge in [0.15, 0.2) is 0 Å². The van der Waals surface area contributed by atoms with E-state index in [1.54, 1.807) is 24.3 Å². The maximum atomic E-state index is 11.0. The number of fused-ring (bicyclic) bond motifs is 2. The second kappa shape index (κ2) is 8.86. The summed E-state index contributed by atoms with van der Waals surface area (Å²) in [6.07, 6.45) is -1.36. The molecule has 0 bridgehead atoms. The normalized spacial score (nSPS) is 28.0. The van der Waals surface area contributed by atoms with E-state index < -0.39 is 30.1 Å². The van der Waals surface area contributed by atoms with Crippen LogP contribution in [-0.4, -0.2) is 51.3 Å². The Morgan fingerprint density at radius 1 is 1.14 bits per heavy atom. The van der Waals surface area contributed by atoms with E-state index in [-0.39, 0.29) is 49.9 Å². The SMILES string of the molecule is O=C(O)c1ccc(Cc2ccc3c(c2)[C@]2(OC3)O[C@H](CO)[CH-][C@H](O)[C@H]2O)cc1.[U]. The van der Waals surface area contributed by atoms with Crippen molar-refractivity contribution in [3.05, 3.63) is 76.7 Å². The first-order valence-electron chi connectivity index (χ1n) is 9.01. The van der Waals surface area contributed by atoms with Gasteiger partial charge in [-0.15, -0.1) is 0 Å². The molecule has 4 rings (SSSR count). The number of aromatic carboxylic acids is 1. The van der Waals surface area contributed by atoms with Crippen molar-refractivity contribution < 1.29 is 65.8 Å². The van der Waals surface area contributed by atoms with E-state index in [0.717, 1.165) is 16.7 Å². The van der Waals surface area contributed by atoms with Gasteiger partial charge < -0.3 is 29.9 Å². The molecular formula is C21H21O7U-. The van der Waals surface area contributed by atoms with Crippen LogP contribution in [0.2, 0.25) is 0 Å². The first kappa shape index (κ1) is 22.4. The number of aliphatic hydroxyl groups excluding tert-OH is 3. The van der Waals surface area contributed by atoms with Crippen LogP contribution >= 0.6 is 0 Å². The van der Waals surface area contributed by atoms with Gasteiger partial charge in [0.05, 0.1) is 12.2 Å². The van der Waals surface area contributed by atoms with Crippen molar-refractivity contribution >= 4 is 5.97 Å². The van der Waals surface area contributed by atoms with E-state index in [0.29, 0.717) is 12.0 Å². The molecule has 0 aromatic heterocycles. The van der Waals surface area contributed by atoms with E-state index in [1.165, 1.54) is 6.42 Å². The van der Waals surface area contributed by atoms with Crippen molar-refractivity contribution in [3.8, 4) is 0 Å². The standard InChI is InChI=1S/C21H21O7.U/c22-10-16-9-18(23)19(24)21(28-16)17-8-13(3-6-15(17)11-27-21)7-12-1-4-14(5-2-12)20(25)26;/h1-6,8-9,16,18-19,22-24H,7,10-11H2,(H,25,26);/q-1;/t16-,18-,19+,21-;/m0./s1. The summed E-state index contributed by atoms with van der Waals surface area (Å²) in [6, 6.07) is 12.3. The molecule has 2 aliphatic heterocycles. The molecule has 8 heteroatoms. The number of benzene rings is 2. The summed E-state index contributed by atoms with van der Waals surface area (Å²) < 4.78 is 11.6. The van der Waals surface area contributed by atoms with Crippen LogP contribution in [0.5, 0.6) is 0 Å². The fourth-order valence-corrected chi connectivity index (χ4v) is 3.77. The zero-order chi connectivity index (χ0) is 19.9. The number of rotatable bonds is 4. The number of hydrogen-bond donors (Lipinski definition) is 4. The second-order valence-corrected chi connectivity index (χ2v) is 7.09. The van der Waals surface area contributed by atoms with Gasteiger partial charge in [0.1, 0.15) is 6.10 Å². The number of carboxylic acids is 1. The first-order chi connectivity index (χ1) is 13.4. The van der Waals surface area contributed by atoms with Crippen molar-refractivity contribution in [3.63, 3.8) is 0 Å². The van der Waals surface area contributed by atoms with Crippen molar-refractivity contribution in [1.29, 1.82) is 0 Å². The molecule has 7 nitrogen and oxygen atoms in total. The van der Waals surface area contributed by atoms with Gasteiger partial charge in [-0.1, -0.05) is 24.3 Å². The monoisotopic (exact) mass is 623 g/mol. The third-order valence-corrected chi connectivity index (χ3v) is 5.23. The molecule has 1 saturated heterocycles. The maximum absolute atomic E-state index is 11.0. The maximum Gasteiger partial charge on any atom is 0.335 e. The third kappa shape index (κ3) is 4.17. The summed E-state index contributed by atoms with van der Waals surface area (Å²) in [5, 5.41) is 39.2. The molecule has 2 aliphatic rings. The molecule has 1 fully saturated rings. The van der Waals surface area contributed by atoms with Crippen LogP contribution in [0.4, 0.5) is 0 Å². The quantitative estimate of drug-likeness (QED) is 0.376. The fraction of sp³-hybridized carbons (Fsp3) is 0.333. The summed E-state index contributed by atoms with van der Waals surface area (Å²) in [5.74, 6) is -2.50. The smallest absolute Gasteiger partial charge is 0.335 e. The van der Waals surface area contributed by atoms with Crippen LogP contribution < -0.4 is 0 Å². The summed E-state index contributed by atoms with van der Waals surface area (Å²) in [5.41, 5.74) is 3.56. The van der Waals surface area contributed by atoms with E-state index in [4.69, 9.17) is 14.6 Å². The van der Waals surface area contributed by atoms with E-state index >= 15 is 0 Å². The molecule has 0 aliphatic carbocycles. The minimum absolute atomic E-state index is 0. The number of carbonyl (C=O) groups is 1. The van der Waals surface area contributed by atoms with Crippen molar-refractivity contribution in [2.75, 3.05) is 6.61 Å². The van der Waals surface area contributed by atoms with Crippen LogP contribution in [0.25, 0.3) is 0 Å². The second-order valence-electron chi connectivity index (χ2n) is 7.09. The van der Waals surface area contributed by atoms with Crippen LogP contribution in [0.1, 0.15) is 32.6 Å². The molecule has 2 aromatic carbocycles. The summed E-state index contributed by atoms with van der Waals surface area (Å²) in [4.78, 5) is 11.0. The van der Waals surface area contributed by atoms with Gasteiger partial charge in [0, 0.05) is 43.3 Å². The van der Waals surface area contributed by atoms with Gasteiger partial charge in [-0.2, -0.15) is 0 Å². The van der Waals surface area contributed by atoms with Crippen LogP contribution in [-0.2, 0) is 28.3 Å². The molecule has 0 saturated carbocycles. The topological polar surface area (TPSA) is 116 Å². The number of aliphatic hydroxyl groups is 3. The average Bonchev–Trinajstić information content (AvgIpc) is 3.05. The van der Waals surface area contributed by atoms with E-state index in [2.05, 4.69) is 0 Å². The molecule has 2 aromatic rings. The van der Waals surface area contributed by atoms with Crippen LogP contribution in [0.15, 0.2) is 42.5 Å². The predicted molar refractivity (Wildman–Crippen MR) is 97.4 cm³/mol. The molecule has 2 heterocycles. The Labute approximate surface area is 191 Å². The summed E-state index contributed by atoms with van der Waals surface area (Å²) >= 11 is 0. The Balaban J connectivity index is 0.00000240. The van der Waals surface area contributed by atoms with Gasteiger partial charge in [0.2, 0.25) is 5.79 Å². The van der Waals surface area contributed by atoms with Gasteiger partial charge in [-0.05, 0) is 53.5 Å². The molecule has 0 amide bonds. The molecular weight excluding hydrogens is 602 g/mol. The molecule has 29 heavy (non-hydrogen) atoms. The third-order valence-electron chi connectivity index (χ3n) is 5.23.